The van der Waals surface area contributed by atoms with Crippen LogP contribution in [0.4, 0.5) is 0 Å². The number of para-hydroxylation sites is 1. The molecular formula is C18H18N2O2S. The Morgan fingerprint density at radius 1 is 1.00 bits per heavy atom. The third kappa shape index (κ3) is 4.36. The first-order chi connectivity index (χ1) is 11.3. The molecule has 0 unspecified atom stereocenters. The first-order valence-electron chi connectivity index (χ1n) is 7.53. The lowest BCUT2D eigenvalue weighted by molar-refractivity contribution is 0.316. The van der Waals surface area contributed by atoms with Crippen molar-refractivity contribution in [2.24, 2.45) is 0 Å². The monoisotopic (exact) mass is 326 g/mol. The van der Waals surface area contributed by atoms with Crippen molar-refractivity contribution in [2.45, 2.75) is 18.6 Å². The fraction of sp³-hybridized carbons (Fsp3) is 0.222. The van der Waals surface area contributed by atoms with Gasteiger partial charge in [-0.05, 0) is 37.1 Å². The van der Waals surface area contributed by atoms with Crippen LogP contribution >= 0.6 is 11.8 Å². The number of thioether (sulfide) groups is 1. The second kappa shape index (κ2) is 7.83. The molecule has 0 aliphatic carbocycles. The summed E-state index contributed by atoms with van der Waals surface area (Å²) in [6, 6.07) is 17.8. The van der Waals surface area contributed by atoms with E-state index in [-0.39, 0.29) is 0 Å². The van der Waals surface area contributed by atoms with Crippen LogP contribution in [0.3, 0.4) is 0 Å². The van der Waals surface area contributed by atoms with Crippen LogP contribution in [0.5, 0.6) is 5.75 Å². The molecule has 5 heteroatoms. The Hall–Kier alpha value is -2.27. The minimum atomic E-state index is 0.560. The lowest BCUT2D eigenvalue weighted by atomic mass is 10.2. The minimum absolute atomic E-state index is 0.560. The molecule has 0 saturated carbocycles. The molecule has 0 bridgehead atoms. The summed E-state index contributed by atoms with van der Waals surface area (Å²) in [5.41, 5.74) is 2.10. The highest BCUT2D eigenvalue weighted by Gasteiger charge is 2.08. The molecule has 1 aromatic heterocycles. The van der Waals surface area contributed by atoms with Crippen molar-refractivity contribution >= 4 is 11.8 Å². The molecule has 4 nitrogen and oxygen atoms in total. The zero-order valence-corrected chi connectivity index (χ0v) is 13.8. The average Bonchev–Trinajstić information content (AvgIpc) is 3.06. The van der Waals surface area contributed by atoms with E-state index in [1.54, 1.807) is 11.8 Å². The molecule has 0 saturated heterocycles. The standard InChI is InChI=1S/C18H18N2O2S/c1-14-8-5-6-11-16(14)21-12-7-13-23-18-20-19-17(22-18)15-9-3-2-4-10-15/h2-6,8-11H,7,12-13H2,1H3. The van der Waals surface area contributed by atoms with Gasteiger partial charge in [-0.3, -0.25) is 0 Å². The summed E-state index contributed by atoms with van der Waals surface area (Å²) in [7, 11) is 0. The minimum Gasteiger partial charge on any atom is -0.493 e. The molecule has 1 heterocycles. The molecule has 0 amide bonds. The number of benzene rings is 2. The summed E-state index contributed by atoms with van der Waals surface area (Å²) in [5.74, 6) is 2.38. The zero-order valence-electron chi connectivity index (χ0n) is 12.9. The van der Waals surface area contributed by atoms with Gasteiger partial charge in [0.25, 0.3) is 5.22 Å². The molecule has 0 fully saturated rings. The maximum absolute atomic E-state index is 5.77. The Morgan fingerprint density at radius 2 is 1.78 bits per heavy atom. The van der Waals surface area contributed by atoms with Crippen LogP contribution < -0.4 is 4.74 Å². The van der Waals surface area contributed by atoms with Gasteiger partial charge in [-0.1, -0.05) is 48.2 Å². The van der Waals surface area contributed by atoms with Crippen LogP contribution in [0.25, 0.3) is 11.5 Å². The molecule has 0 radical (unpaired) electrons. The topological polar surface area (TPSA) is 48.2 Å². The van der Waals surface area contributed by atoms with Gasteiger partial charge in [0.1, 0.15) is 5.75 Å². The summed E-state index contributed by atoms with van der Waals surface area (Å²) in [6.45, 7) is 2.73. The maximum atomic E-state index is 5.77. The van der Waals surface area contributed by atoms with Gasteiger partial charge in [-0.15, -0.1) is 10.2 Å². The van der Waals surface area contributed by atoms with E-state index in [0.29, 0.717) is 17.7 Å². The van der Waals surface area contributed by atoms with Crippen LogP contribution in [0.1, 0.15) is 12.0 Å². The van der Waals surface area contributed by atoms with Crippen molar-refractivity contribution in [3.05, 3.63) is 60.2 Å². The summed E-state index contributed by atoms with van der Waals surface area (Å²) in [5, 5.41) is 8.74. The second-order valence-electron chi connectivity index (χ2n) is 5.06. The van der Waals surface area contributed by atoms with E-state index in [2.05, 4.69) is 10.2 Å². The van der Waals surface area contributed by atoms with Crippen LogP contribution in [0.2, 0.25) is 0 Å². The van der Waals surface area contributed by atoms with Gasteiger partial charge < -0.3 is 9.15 Å². The van der Waals surface area contributed by atoms with Crippen LogP contribution in [0.15, 0.2) is 64.2 Å². The SMILES string of the molecule is Cc1ccccc1OCCCSc1nnc(-c2ccccc2)o1. The number of nitrogens with zero attached hydrogens (tertiary/aromatic N) is 2. The molecule has 3 aromatic rings. The lowest BCUT2D eigenvalue weighted by Crippen LogP contribution is -1.99. The van der Waals surface area contributed by atoms with E-state index in [1.165, 1.54) is 0 Å². The molecule has 0 aliphatic heterocycles. The lowest BCUT2D eigenvalue weighted by Gasteiger charge is -2.07. The molecule has 118 valence electrons. The number of ether oxygens (including phenoxy) is 1. The largest absolute Gasteiger partial charge is 0.493 e. The van der Waals surface area contributed by atoms with E-state index in [1.807, 2.05) is 61.5 Å². The maximum Gasteiger partial charge on any atom is 0.276 e. The first kappa shape index (κ1) is 15.6. The van der Waals surface area contributed by atoms with Gasteiger partial charge in [-0.2, -0.15) is 0 Å². The van der Waals surface area contributed by atoms with Crippen molar-refractivity contribution in [3.8, 4) is 17.2 Å². The molecule has 0 N–H and O–H groups in total. The van der Waals surface area contributed by atoms with E-state index in [9.17, 15) is 0 Å². The zero-order chi connectivity index (χ0) is 15.9. The van der Waals surface area contributed by atoms with E-state index < -0.39 is 0 Å². The van der Waals surface area contributed by atoms with E-state index >= 15 is 0 Å². The van der Waals surface area contributed by atoms with Crippen molar-refractivity contribution in [2.75, 3.05) is 12.4 Å². The van der Waals surface area contributed by atoms with Crippen LogP contribution in [-0.4, -0.2) is 22.6 Å². The summed E-state index contributed by atoms with van der Waals surface area (Å²) >= 11 is 1.55. The molecule has 0 aliphatic rings. The Kier molecular flexibility index (Phi) is 5.32. The second-order valence-corrected chi connectivity index (χ2v) is 6.10. The summed E-state index contributed by atoms with van der Waals surface area (Å²) in [4.78, 5) is 0. The number of hydrogen-bond acceptors (Lipinski definition) is 5. The smallest absolute Gasteiger partial charge is 0.276 e. The number of rotatable bonds is 7. The van der Waals surface area contributed by atoms with Crippen LogP contribution in [-0.2, 0) is 0 Å². The Bertz CT molecular complexity index is 744. The van der Waals surface area contributed by atoms with E-state index in [4.69, 9.17) is 9.15 Å². The van der Waals surface area contributed by atoms with Crippen molar-refractivity contribution in [3.63, 3.8) is 0 Å². The number of aryl methyl sites for hydroxylation is 1. The highest BCUT2D eigenvalue weighted by atomic mass is 32.2. The fourth-order valence-electron chi connectivity index (χ4n) is 2.08. The van der Waals surface area contributed by atoms with Crippen molar-refractivity contribution in [1.29, 1.82) is 0 Å². The van der Waals surface area contributed by atoms with Gasteiger partial charge in [0, 0.05) is 11.3 Å². The van der Waals surface area contributed by atoms with Crippen molar-refractivity contribution in [1.82, 2.24) is 10.2 Å². The Labute approximate surface area is 139 Å². The van der Waals surface area contributed by atoms with Gasteiger partial charge in [0.2, 0.25) is 5.89 Å². The van der Waals surface area contributed by atoms with Gasteiger partial charge >= 0.3 is 0 Å². The first-order valence-corrected chi connectivity index (χ1v) is 8.51. The molecule has 0 spiro atoms. The summed E-state index contributed by atoms with van der Waals surface area (Å²) in [6.07, 6.45) is 0.919. The fourth-order valence-corrected chi connectivity index (χ4v) is 2.76. The van der Waals surface area contributed by atoms with Gasteiger partial charge in [0.15, 0.2) is 0 Å². The number of aromatic nitrogens is 2. The summed E-state index contributed by atoms with van der Waals surface area (Å²) < 4.78 is 11.4. The Balaban J connectivity index is 1.43. The third-order valence-electron chi connectivity index (χ3n) is 3.29. The predicted molar refractivity (Wildman–Crippen MR) is 91.7 cm³/mol. The normalized spacial score (nSPS) is 10.7. The highest BCUT2D eigenvalue weighted by Crippen LogP contribution is 2.23. The van der Waals surface area contributed by atoms with E-state index in [0.717, 1.165) is 29.1 Å². The van der Waals surface area contributed by atoms with Crippen LogP contribution in [0, 0.1) is 6.92 Å². The molecule has 2 aromatic carbocycles. The number of hydrogen-bond donors (Lipinski definition) is 0. The average molecular weight is 326 g/mol. The molecule has 23 heavy (non-hydrogen) atoms. The molecule has 0 atom stereocenters. The molecule has 3 rings (SSSR count). The highest BCUT2D eigenvalue weighted by molar-refractivity contribution is 7.99. The quantitative estimate of drug-likeness (QED) is 0.469. The third-order valence-corrected chi connectivity index (χ3v) is 4.20. The van der Waals surface area contributed by atoms with Gasteiger partial charge in [0.05, 0.1) is 6.61 Å². The van der Waals surface area contributed by atoms with Gasteiger partial charge in [-0.25, -0.2) is 0 Å². The molecular weight excluding hydrogens is 308 g/mol. The van der Waals surface area contributed by atoms with Crippen molar-refractivity contribution < 1.29 is 9.15 Å². The predicted octanol–water partition coefficient (Wildman–Crippen LogP) is 4.61. The Morgan fingerprint density at radius 3 is 2.61 bits per heavy atom.